The van der Waals surface area contributed by atoms with Crippen molar-refractivity contribution in [1.82, 2.24) is 5.32 Å². The standard InChI is InChI=1S/C14H18N2OS/c15-13-4-1-11(2-5-13)3-6-14(17)16-9-12-7-8-18-10-12/h1-6,12H,7-10,15H2,(H,16,17)/b6-3+. The number of thioether (sulfide) groups is 1. The fraction of sp³-hybridized carbons (Fsp3) is 0.357. The van der Waals surface area contributed by atoms with Gasteiger partial charge < -0.3 is 11.1 Å². The van der Waals surface area contributed by atoms with Gasteiger partial charge in [0.25, 0.3) is 0 Å². The molecule has 0 bridgehead atoms. The van der Waals surface area contributed by atoms with Crippen LogP contribution in [0, 0.1) is 5.92 Å². The van der Waals surface area contributed by atoms with Gasteiger partial charge in [0.2, 0.25) is 5.91 Å². The highest BCUT2D eigenvalue weighted by molar-refractivity contribution is 7.99. The molecule has 0 aliphatic carbocycles. The Kier molecular flexibility index (Phi) is 4.70. The first-order chi connectivity index (χ1) is 8.74. The molecule has 1 fully saturated rings. The average Bonchev–Trinajstić information content (AvgIpc) is 2.89. The minimum atomic E-state index is -0.0243. The maximum Gasteiger partial charge on any atom is 0.244 e. The Bertz CT molecular complexity index is 422. The quantitative estimate of drug-likeness (QED) is 0.646. The molecule has 0 spiro atoms. The van der Waals surface area contributed by atoms with Crippen molar-refractivity contribution in [2.24, 2.45) is 5.92 Å². The van der Waals surface area contributed by atoms with Crippen LogP contribution >= 0.6 is 11.8 Å². The number of amides is 1. The number of carbonyl (C=O) groups excluding carboxylic acids is 1. The van der Waals surface area contributed by atoms with E-state index in [0.717, 1.165) is 17.8 Å². The summed E-state index contributed by atoms with van der Waals surface area (Å²) in [5.41, 5.74) is 7.31. The predicted molar refractivity (Wildman–Crippen MR) is 78.3 cm³/mol. The second-order valence-corrected chi connectivity index (χ2v) is 5.62. The molecule has 1 aliphatic heterocycles. The summed E-state index contributed by atoms with van der Waals surface area (Å²) in [4.78, 5) is 11.6. The lowest BCUT2D eigenvalue weighted by atomic mass is 10.1. The van der Waals surface area contributed by atoms with Crippen molar-refractivity contribution in [2.75, 3.05) is 23.8 Å². The van der Waals surface area contributed by atoms with Crippen LogP contribution in [0.25, 0.3) is 6.08 Å². The summed E-state index contributed by atoms with van der Waals surface area (Å²) in [5, 5.41) is 2.94. The van der Waals surface area contributed by atoms with Gasteiger partial charge in [-0.2, -0.15) is 11.8 Å². The molecule has 18 heavy (non-hydrogen) atoms. The first-order valence-corrected chi connectivity index (χ1v) is 7.29. The maximum absolute atomic E-state index is 11.6. The maximum atomic E-state index is 11.6. The van der Waals surface area contributed by atoms with Crippen LogP contribution in [0.4, 0.5) is 5.69 Å². The Morgan fingerprint density at radius 1 is 1.44 bits per heavy atom. The van der Waals surface area contributed by atoms with Crippen LogP contribution in [0.15, 0.2) is 30.3 Å². The van der Waals surface area contributed by atoms with Crippen LogP contribution in [0.1, 0.15) is 12.0 Å². The third-order valence-corrected chi connectivity index (χ3v) is 4.18. The fourth-order valence-corrected chi connectivity index (χ4v) is 3.11. The number of nitrogen functional groups attached to an aromatic ring is 1. The van der Waals surface area contributed by atoms with Gasteiger partial charge in [-0.1, -0.05) is 12.1 Å². The predicted octanol–water partition coefficient (Wildman–Crippen LogP) is 2.15. The molecule has 1 atom stereocenters. The van der Waals surface area contributed by atoms with Crippen LogP contribution in [0.5, 0.6) is 0 Å². The Labute approximate surface area is 112 Å². The van der Waals surface area contributed by atoms with Gasteiger partial charge in [0, 0.05) is 18.3 Å². The summed E-state index contributed by atoms with van der Waals surface area (Å²) < 4.78 is 0. The lowest BCUT2D eigenvalue weighted by Crippen LogP contribution is -2.27. The number of hydrogen-bond acceptors (Lipinski definition) is 3. The molecule has 1 unspecified atom stereocenters. The van der Waals surface area contributed by atoms with Crippen LogP contribution < -0.4 is 11.1 Å². The summed E-state index contributed by atoms with van der Waals surface area (Å²) in [6.45, 7) is 0.790. The van der Waals surface area contributed by atoms with E-state index in [0.29, 0.717) is 5.92 Å². The largest absolute Gasteiger partial charge is 0.399 e. The topological polar surface area (TPSA) is 55.1 Å². The van der Waals surface area contributed by atoms with Crippen molar-refractivity contribution in [1.29, 1.82) is 0 Å². The lowest BCUT2D eigenvalue weighted by Gasteiger charge is -2.07. The van der Waals surface area contributed by atoms with E-state index in [1.165, 1.54) is 17.9 Å². The number of benzene rings is 1. The highest BCUT2D eigenvalue weighted by Crippen LogP contribution is 2.22. The fourth-order valence-electron chi connectivity index (χ4n) is 1.83. The molecule has 96 valence electrons. The first kappa shape index (κ1) is 13.0. The Hall–Kier alpha value is -1.42. The summed E-state index contributed by atoms with van der Waals surface area (Å²) >= 11 is 1.96. The van der Waals surface area contributed by atoms with Gasteiger partial charge in [0.15, 0.2) is 0 Å². The third-order valence-electron chi connectivity index (χ3n) is 2.95. The molecule has 2 rings (SSSR count). The Morgan fingerprint density at radius 2 is 2.22 bits per heavy atom. The molecule has 0 aromatic heterocycles. The van der Waals surface area contributed by atoms with Gasteiger partial charge in [-0.3, -0.25) is 4.79 Å². The van der Waals surface area contributed by atoms with Crippen LogP contribution in [0.3, 0.4) is 0 Å². The highest BCUT2D eigenvalue weighted by atomic mass is 32.2. The van der Waals surface area contributed by atoms with Crippen molar-refractivity contribution in [3.05, 3.63) is 35.9 Å². The second kappa shape index (κ2) is 6.50. The van der Waals surface area contributed by atoms with Crippen molar-refractivity contribution in [2.45, 2.75) is 6.42 Å². The van der Waals surface area contributed by atoms with E-state index < -0.39 is 0 Å². The van der Waals surface area contributed by atoms with E-state index in [9.17, 15) is 4.79 Å². The van der Waals surface area contributed by atoms with Crippen LogP contribution in [-0.4, -0.2) is 24.0 Å². The molecule has 1 aliphatic rings. The SMILES string of the molecule is Nc1ccc(/C=C/C(=O)NCC2CCSC2)cc1. The summed E-state index contributed by atoms with van der Waals surface area (Å²) in [6, 6.07) is 7.44. The van der Waals surface area contributed by atoms with E-state index in [-0.39, 0.29) is 5.91 Å². The Balaban J connectivity index is 1.77. The first-order valence-electron chi connectivity index (χ1n) is 6.13. The second-order valence-electron chi connectivity index (χ2n) is 4.47. The van der Waals surface area contributed by atoms with Crippen molar-refractivity contribution in [3.8, 4) is 0 Å². The van der Waals surface area contributed by atoms with Gasteiger partial charge in [-0.05, 0) is 47.6 Å². The van der Waals surface area contributed by atoms with E-state index in [2.05, 4.69) is 5.32 Å². The number of carbonyl (C=O) groups is 1. The molecule has 1 aromatic rings. The monoisotopic (exact) mass is 262 g/mol. The van der Waals surface area contributed by atoms with Crippen LogP contribution in [0.2, 0.25) is 0 Å². The molecule has 0 radical (unpaired) electrons. The Morgan fingerprint density at radius 3 is 2.89 bits per heavy atom. The molecule has 1 aromatic carbocycles. The highest BCUT2D eigenvalue weighted by Gasteiger charge is 2.15. The average molecular weight is 262 g/mol. The van der Waals surface area contributed by atoms with Crippen molar-refractivity contribution >= 4 is 29.4 Å². The van der Waals surface area contributed by atoms with Gasteiger partial charge in [-0.15, -0.1) is 0 Å². The molecule has 1 heterocycles. The van der Waals surface area contributed by atoms with Crippen molar-refractivity contribution < 1.29 is 4.79 Å². The normalized spacial score (nSPS) is 19.2. The van der Waals surface area contributed by atoms with E-state index in [4.69, 9.17) is 5.73 Å². The van der Waals surface area contributed by atoms with Crippen molar-refractivity contribution in [3.63, 3.8) is 0 Å². The van der Waals surface area contributed by atoms with Gasteiger partial charge in [0.1, 0.15) is 0 Å². The van der Waals surface area contributed by atoms with Gasteiger partial charge in [0.05, 0.1) is 0 Å². The van der Waals surface area contributed by atoms with E-state index in [1.54, 1.807) is 12.2 Å². The van der Waals surface area contributed by atoms with E-state index >= 15 is 0 Å². The molecule has 1 amide bonds. The zero-order valence-corrected chi connectivity index (χ0v) is 11.1. The molecule has 3 nitrogen and oxygen atoms in total. The lowest BCUT2D eigenvalue weighted by molar-refractivity contribution is -0.116. The number of hydrogen-bond donors (Lipinski definition) is 2. The number of rotatable bonds is 4. The van der Waals surface area contributed by atoms with Gasteiger partial charge >= 0.3 is 0 Å². The molecular formula is C14H18N2OS. The number of nitrogens with two attached hydrogens (primary N) is 1. The third kappa shape index (κ3) is 4.11. The summed E-state index contributed by atoms with van der Waals surface area (Å²) in [5.74, 6) is 3.01. The number of anilines is 1. The van der Waals surface area contributed by atoms with Gasteiger partial charge in [-0.25, -0.2) is 0 Å². The minimum absolute atomic E-state index is 0.0243. The van der Waals surface area contributed by atoms with Crippen LogP contribution in [-0.2, 0) is 4.79 Å². The molecule has 3 N–H and O–H groups in total. The zero-order valence-electron chi connectivity index (χ0n) is 10.3. The number of nitrogens with one attached hydrogen (secondary N) is 1. The minimum Gasteiger partial charge on any atom is -0.399 e. The smallest absolute Gasteiger partial charge is 0.244 e. The summed E-state index contributed by atoms with van der Waals surface area (Å²) in [6.07, 6.45) is 4.60. The summed E-state index contributed by atoms with van der Waals surface area (Å²) in [7, 11) is 0. The zero-order chi connectivity index (χ0) is 12.8. The molecule has 1 saturated heterocycles. The van der Waals surface area contributed by atoms with E-state index in [1.807, 2.05) is 36.0 Å². The molecule has 0 saturated carbocycles. The molecule has 4 heteroatoms. The molecular weight excluding hydrogens is 244 g/mol.